The molecule has 2 heterocycles. The molecule has 0 bridgehead atoms. The van der Waals surface area contributed by atoms with E-state index in [1.54, 1.807) is 0 Å². The van der Waals surface area contributed by atoms with Crippen molar-refractivity contribution in [2.75, 3.05) is 18.0 Å². The van der Waals surface area contributed by atoms with Crippen molar-refractivity contribution in [2.45, 2.75) is 38.2 Å². The lowest BCUT2D eigenvalue weighted by molar-refractivity contribution is -0.00933. The van der Waals surface area contributed by atoms with E-state index in [1.165, 1.54) is 24.4 Å². The van der Waals surface area contributed by atoms with Gasteiger partial charge in [-0.25, -0.2) is 4.98 Å². The van der Waals surface area contributed by atoms with E-state index in [2.05, 4.69) is 21.2 Å². The van der Waals surface area contributed by atoms with Crippen LogP contribution in [0.4, 0.5) is 5.13 Å². The zero-order chi connectivity index (χ0) is 11.2. The zero-order valence-electron chi connectivity index (χ0n) is 9.52. The summed E-state index contributed by atoms with van der Waals surface area (Å²) in [5.74, 6) is 1.50. The van der Waals surface area contributed by atoms with Gasteiger partial charge in [-0.3, -0.25) is 0 Å². The van der Waals surface area contributed by atoms with Crippen LogP contribution in [0.2, 0.25) is 0 Å². The molecule has 1 aromatic heterocycles. The summed E-state index contributed by atoms with van der Waals surface area (Å²) < 4.78 is 4.32. The van der Waals surface area contributed by atoms with Crippen LogP contribution in [0.3, 0.4) is 0 Å². The summed E-state index contributed by atoms with van der Waals surface area (Å²) in [5, 5.41) is 11.2. The molecule has 1 saturated carbocycles. The van der Waals surface area contributed by atoms with Gasteiger partial charge in [-0.2, -0.15) is 4.37 Å². The van der Waals surface area contributed by atoms with E-state index in [0.29, 0.717) is 5.92 Å². The van der Waals surface area contributed by atoms with E-state index in [0.717, 1.165) is 36.9 Å². The number of hydrogen-bond donors (Lipinski definition) is 1. The molecule has 3 rings (SSSR count). The van der Waals surface area contributed by atoms with Gasteiger partial charge in [-0.1, -0.05) is 6.92 Å². The molecular weight excluding hydrogens is 222 g/mol. The third-order valence-corrected chi connectivity index (χ3v) is 4.28. The third-order valence-electron chi connectivity index (χ3n) is 3.47. The zero-order valence-corrected chi connectivity index (χ0v) is 10.3. The Kier molecular flexibility index (Phi) is 2.40. The topological polar surface area (TPSA) is 49.2 Å². The molecule has 2 aliphatic rings. The van der Waals surface area contributed by atoms with Gasteiger partial charge < -0.3 is 10.0 Å². The van der Waals surface area contributed by atoms with Crippen LogP contribution in [0.25, 0.3) is 0 Å². The normalized spacial score (nSPS) is 23.2. The van der Waals surface area contributed by atoms with Crippen LogP contribution < -0.4 is 4.90 Å². The van der Waals surface area contributed by atoms with Crippen LogP contribution in [0, 0.1) is 5.92 Å². The molecule has 2 fully saturated rings. The number of anilines is 1. The second kappa shape index (κ2) is 3.67. The Hall–Kier alpha value is -0.680. The molecular formula is C11H17N3OS. The fraction of sp³-hybridized carbons (Fsp3) is 0.818. The van der Waals surface area contributed by atoms with Crippen molar-refractivity contribution in [3.05, 3.63) is 5.82 Å². The van der Waals surface area contributed by atoms with Gasteiger partial charge in [0.2, 0.25) is 5.13 Å². The van der Waals surface area contributed by atoms with Crippen LogP contribution in [0.5, 0.6) is 0 Å². The number of aliphatic hydroxyl groups is 1. The lowest BCUT2D eigenvalue weighted by Crippen LogP contribution is -2.63. The van der Waals surface area contributed by atoms with Crippen molar-refractivity contribution in [3.63, 3.8) is 0 Å². The Morgan fingerprint density at radius 1 is 1.50 bits per heavy atom. The second-order valence-corrected chi connectivity index (χ2v) is 5.71. The molecule has 0 unspecified atom stereocenters. The maximum Gasteiger partial charge on any atom is 0.205 e. The van der Waals surface area contributed by atoms with Crippen molar-refractivity contribution in [2.24, 2.45) is 5.92 Å². The number of aromatic nitrogens is 2. The highest BCUT2D eigenvalue weighted by Gasteiger charge is 2.52. The van der Waals surface area contributed by atoms with Crippen LogP contribution in [-0.4, -0.2) is 33.2 Å². The predicted molar refractivity (Wildman–Crippen MR) is 63.8 cm³/mol. The van der Waals surface area contributed by atoms with Crippen molar-refractivity contribution in [1.29, 1.82) is 0 Å². The number of aryl methyl sites for hydroxylation is 1. The Balaban J connectivity index is 1.62. The van der Waals surface area contributed by atoms with Crippen molar-refractivity contribution < 1.29 is 5.11 Å². The molecule has 1 aliphatic carbocycles. The minimum atomic E-state index is -0.420. The largest absolute Gasteiger partial charge is 0.386 e. The van der Waals surface area contributed by atoms with E-state index in [9.17, 15) is 5.11 Å². The van der Waals surface area contributed by atoms with Crippen LogP contribution in [0.15, 0.2) is 0 Å². The monoisotopic (exact) mass is 239 g/mol. The average molecular weight is 239 g/mol. The minimum Gasteiger partial charge on any atom is -0.386 e. The van der Waals surface area contributed by atoms with Crippen molar-refractivity contribution in [1.82, 2.24) is 9.36 Å². The molecule has 16 heavy (non-hydrogen) atoms. The maximum absolute atomic E-state index is 10.2. The Morgan fingerprint density at radius 3 is 2.88 bits per heavy atom. The minimum absolute atomic E-state index is 0.420. The highest BCUT2D eigenvalue weighted by Crippen LogP contribution is 2.45. The van der Waals surface area contributed by atoms with Crippen molar-refractivity contribution in [3.8, 4) is 0 Å². The van der Waals surface area contributed by atoms with Gasteiger partial charge in [0.1, 0.15) is 11.4 Å². The van der Waals surface area contributed by atoms with Gasteiger partial charge in [0.05, 0.1) is 13.1 Å². The van der Waals surface area contributed by atoms with E-state index < -0.39 is 5.60 Å². The molecule has 0 atom stereocenters. The lowest BCUT2D eigenvalue weighted by Gasteiger charge is -2.46. The SMILES string of the molecule is CCCc1nsc(N2CC(O)(C3CC3)C2)n1. The summed E-state index contributed by atoms with van der Waals surface area (Å²) in [6.07, 6.45) is 4.43. The van der Waals surface area contributed by atoms with Crippen LogP contribution in [-0.2, 0) is 6.42 Å². The summed E-state index contributed by atoms with van der Waals surface area (Å²) in [7, 11) is 0. The second-order valence-electron chi connectivity index (χ2n) is 4.98. The summed E-state index contributed by atoms with van der Waals surface area (Å²) >= 11 is 1.46. The molecule has 0 aromatic carbocycles. The molecule has 4 nitrogen and oxygen atoms in total. The molecule has 0 spiro atoms. The summed E-state index contributed by atoms with van der Waals surface area (Å²) in [6, 6.07) is 0. The fourth-order valence-corrected chi connectivity index (χ4v) is 3.04. The molecule has 1 aliphatic heterocycles. The van der Waals surface area contributed by atoms with Gasteiger partial charge in [0, 0.05) is 18.0 Å². The van der Waals surface area contributed by atoms with Crippen molar-refractivity contribution >= 4 is 16.7 Å². The van der Waals surface area contributed by atoms with Gasteiger partial charge in [0.25, 0.3) is 0 Å². The molecule has 88 valence electrons. The molecule has 1 N–H and O–H groups in total. The molecule has 0 radical (unpaired) electrons. The number of hydrogen-bond acceptors (Lipinski definition) is 5. The first-order valence-electron chi connectivity index (χ1n) is 6.01. The summed E-state index contributed by atoms with van der Waals surface area (Å²) in [4.78, 5) is 6.64. The fourth-order valence-electron chi connectivity index (χ4n) is 2.33. The van der Waals surface area contributed by atoms with Gasteiger partial charge >= 0.3 is 0 Å². The van der Waals surface area contributed by atoms with E-state index in [1.807, 2.05) is 0 Å². The third kappa shape index (κ3) is 1.72. The number of β-amino-alcohol motifs (C(OH)–C–C–N with tert-alkyl or cyclic N) is 1. The Bertz CT molecular complexity index is 382. The first-order valence-corrected chi connectivity index (χ1v) is 6.78. The van der Waals surface area contributed by atoms with Crippen LogP contribution >= 0.6 is 11.5 Å². The Labute approximate surface area is 99.5 Å². The quantitative estimate of drug-likeness (QED) is 0.864. The molecule has 0 amide bonds. The van der Waals surface area contributed by atoms with Gasteiger partial charge in [-0.15, -0.1) is 0 Å². The number of rotatable bonds is 4. The van der Waals surface area contributed by atoms with Crippen LogP contribution in [0.1, 0.15) is 32.0 Å². The highest BCUT2D eigenvalue weighted by atomic mass is 32.1. The number of nitrogens with zero attached hydrogens (tertiary/aromatic N) is 3. The van der Waals surface area contributed by atoms with Gasteiger partial charge in [-0.05, 0) is 25.2 Å². The van der Waals surface area contributed by atoms with Gasteiger partial charge in [0.15, 0.2) is 0 Å². The van der Waals surface area contributed by atoms with E-state index >= 15 is 0 Å². The predicted octanol–water partition coefficient (Wildman–Crippen LogP) is 1.45. The summed E-state index contributed by atoms with van der Waals surface area (Å²) in [5.41, 5.74) is -0.420. The van der Waals surface area contributed by atoms with E-state index in [4.69, 9.17) is 0 Å². The lowest BCUT2D eigenvalue weighted by atomic mass is 9.89. The summed E-state index contributed by atoms with van der Waals surface area (Å²) in [6.45, 7) is 3.63. The smallest absolute Gasteiger partial charge is 0.205 e. The standard InChI is InChI=1S/C11H17N3OS/c1-2-3-9-12-10(16-13-9)14-6-11(15,7-14)8-4-5-8/h8,15H,2-7H2,1H3. The average Bonchev–Trinajstić information content (AvgIpc) is 2.97. The molecule has 1 aromatic rings. The maximum atomic E-state index is 10.2. The molecule has 1 saturated heterocycles. The first kappa shape index (κ1) is 10.5. The highest BCUT2D eigenvalue weighted by molar-refractivity contribution is 7.09. The Morgan fingerprint density at radius 2 is 2.25 bits per heavy atom. The first-order chi connectivity index (χ1) is 7.71. The van der Waals surface area contributed by atoms with E-state index in [-0.39, 0.29) is 0 Å². The molecule has 5 heteroatoms.